The van der Waals surface area contributed by atoms with E-state index in [0.717, 1.165) is 22.2 Å². The molecule has 5 rings (SSSR count). The molecule has 0 amide bonds. The number of nitrogens with one attached hydrogen (secondary N) is 2. The van der Waals surface area contributed by atoms with E-state index in [9.17, 15) is 5.11 Å². The van der Waals surface area contributed by atoms with Gasteiger partial charge in [-0.2, -0.15) is 5.10 Å². The zero-order valence-corrected chi connectivity index (χ0v) is 15.9. The molecule has 0 spiro atoms. The van der Waals surface area contributed by atoms with E-state index in [2.05, 4.69) is 31.8 Å². The van der Waals surface area contributed by atoms with Gasteiger partial charge in [-0.15, -0.1) is 0 Å². The second-order valence-corrected chi connectivity index (χ2v) is 9.05. The second-order valence-electron chi connectivity index (χ2n) is 7.73. The maximum atomic E-state index is 9.82. The van der Waals surface area contributed by atoms with Gasteiger partial charge in [0, 0.05) is 15.6 Å². The molecule has 0 saturated heterocycles. The molecule has 4 nitrogen and oxygen atoms in total. The molecule has 0 heterocycles. The summed E-state index contributed by atoms with van der Waals surface area (Å²) in [4.78, 5) is 0. The van der Waals surface area contributed by atoms with Crippen molar-refractivity contribution >= 4 is 39.5 Å². The zero-order chi connectivity index (χ0) is 16.7. The van der Waals surface area contributed by atoms with Crippen LogP contribution >= 0.6 is 28.1 Å². The molecule has 0 radical (unpaired) electrons. The fraction of sp³-hybridized carbons (Fsp3) is 0.556. The number of aromatic hydroxyl groups is 1. The number of rotatable bonds is 3. The molecule has 0 atom stereocenters. The van der Waals surface area contributed by atoms with Gasteiger partial charge in [-0.05, 0) is 86.7 Å². The first-order valence-electron chi connectivity index (χ1n) is 8.61. The topological polar surface area (TPSA) is 56.7 Å². The van der Waals surface area contributed by atoms with Gasteiger partial charge in [0.15, 0.2) is 5.11 Å². The Kier molecular flexibility index (Phi) is 4.29. The van der Waals surface area contributed by atoms with Crippen LogP contribution in [-0.2, 0) is 0 Å². The average molecular weight is 408 g/mol. The van der Waals surface area contributed by atoms with Crippen LogP contribution < -0.4 is 10.7 Å². The van der Waals surface area contributed by atoms with Crippen LogP contribution in [-0.4, -0.2) is 22.0 Å². The Morgan fingerprint density at radius 3 is 2.46 bits per heavy atom. The normalized spacial score (nSPS) is 33.8. The molecule has 4 aliphatic carbocycles. The number of halogens is 1. The molecule has 24 heavy (non-hydrogen) atoms. The smallest absolute Gasteiger partial charge is 0.187 e. The highest BCUT2D eigenvalue weighted by molar-refractivity contribution is 9.10. The lowest BCUT2D eigenvalue weighted by atomic mass is 9.53. The fourth-order valence-electron chi connectivity index (χ4n) is 5.32. The van der Waals surface area contributed by atoms with Gasteiger partial charge < -0.3 is 10.4 Å². The van der Waals surface area contributed by atoms with Gasteiger partial charge in [0.25, 0.3) is 0 Å². The number of thiocarbonyl (C=S) groups is 1. The van der Waals surface area contributed by atoms with Crippen LogP contribution in [0.5, 0.6) is 5.75 Å². The van der Waals surface area contributed by atoms with Crippen molar-refractivity contribution in [3.05, 3.63) is 28.2 Å². The minimum atomic E-state index is 0.187. The third-order valence-electron chi connectivity index (χ3n) is 5.78. The van der Waals surface area contributed by atoms with Crippen molar-refractivity contribution in [2.45, 2.75) is 44.1 Å². The van der Waals surface area contributed by atoms with Gasteiger partial charge in [0.1, 0.15) is 5.75 Å². The van der Waals surface area contributed by atoms with Gasteiger partial charge in [0.05, 0.1) is 6.21 Å². The summed E-state index contributed by atoms with van der Waals surface area (Å²) in [5.74, 6) is 2.85. The Bertz CT molecular complexity index is 656. The van der Waals surface area contributed by atoms with E-state index >= 15 is 0 Å². The standard InChI is InChI=1S/C18H22BrN3OS/c19-15-1-2-16(23)14(6-15)10-20-22-17(24)21-18-7-11-3-12(8-18)5-13(4-11)9-18/h1-2,6,10-13,23H,3-5,7-9H2,(H2,21,22,24)/b20-10+. The molecule has 0 aliphatic heterocycles. The number of phenolic OH excluding ortho intramolecular Hbond substituents is 1. The summed E-state index contributed by atoms with van der Waals surface area (Å²) >= 11 is 8.85. The van der Waals surface area contributed by atoms with Crippen molar-refractivity contribution in [2.24, 2.45) is 22.9 Å². The van der Waals surface area contributed by atoms with Crippen LogP contribution in [0.2, 0.25) is 0 Å². The first-order chi connectivity index (χ1) is 11.5. The summed E-state index contributed by atoms with van der Waals surface area (Å²) in [6.07, 6.45) is 9.59. The zero-order valence-electron chi connectivity index (χ0n) is 13.5. The molecular formula is C18H22BrN3OS. The summed E-state index contributed by atoms with van der Waals surface area (Å²) in [6, 6.07) is 5.24. The van der Waals surface area contributed by atoms with Crippen LogP contribution in [0.3, 0.4) is 0 Å². The average Bonchev–Trinajstić information content (AvgIpc) is 2.48. The molecule has 128 valence electrons. The minimum absolute atomic E-state index is 0.187. The molecule has 0 unspecified atom stereocenters. The van der Waals surface area contributed by atoms with Crippen molar-refractivity contribution in [1.29, 1.82) is 0 Å². The molecule has 1 aromatic rings. The Hall–Kier alpha value is -1.14. The highest BCUT2D eigenvalue weighted by Crippen LogP contribution is 2.55. The van der Waals surface area contributed by atoms with Gasteiger partial charge >= 0.3 is 0 Å². The number of hydrogen-bond acceptors (Lipinski definition) is 3. The van der Waals surface area contributed by atoms with Gasteiger partial charge in [-0.25, -0.2) is 0 Å². The lowest BCUT2D eigenvalue weighted by molar-refractivity contribution is -0.0101. The number of phenols is 1. The molecule has 4 fully saturated rings. The van der Waals surface area contributed by atoms with E-state index in [4.69, 9.17) is 12.2 Å². The van der Waals surface area contributed by atoms with E-state index in [1.165, 1.54) is 38.5 Å². The molecule has 4 bridgehead atoms. The van der Waals surface area contributed by atoms with E-state index in [-0.39, 0.29) is 11.3 Å². The van der Waals surface area contributed by atoms with E-state index < -0.39 is 0 Å². The first-order valence-corrected chi connectivity index (χ1v) is 9.81. The summed E-state index contributed by atoms with van der Waals surface area (Å²) in [5, 5.41) is 18.2. The van der Waals surface area contributed by atoms with Crippen molar-refractivity contribution in [3.63, 3.8) is 0 Å². The number of hydrogen-bond donors (Lipinski definition) is 3. The number of nitrogens with zero attached hydrogens (tertiary/aromatic N) is 1. The Morgan fingerprint density at radius 2 is 1.83 bits per heavy atom. The van der Waals surface area contributed by atoms with Crippen molar-refractivity contribution in [2.75, 3.05) is 0 Å². The third-order valence-corrected chi connectivity index (χ3v) is 6.46. The summed E-state index contributed by atoms with van der Waals surface area (Å²) in [6.45, 7) is 0. The summed E-state index contributed by atoms with van der Waals surface area (Å²) in [5.41, 5.74) is 3.75. The molecule has 4 saturated carbocycles. The fourth-order valence-corrected chi connectivity index (χ4v) is 5.97. The predicted molar refractivity (Wildman–Crippen MR) is 103 cm³/mol. The number of hydrazone groups is 1. The lowest BCUT2D eigenvalue weighted by Crippen LogP contribution is -2.61. The quantitative estimate of drug-likeness (QED) is 0.403. The summed E-state index contributed by atoms with van der Waals surface area (Å²) in [7, 11) is 0. The van der Waals surface area contributed by atoms with Crippen LogP contribution in [0, 0.1) is 17.8 Å². The van der Waals surface area contributed by atoms with E-state index in [1.807, 2.05) is 6.07 Å². The predicted octanol–water partition coefficient (Wildman–Crippen LogP) is 3.92. The Labute approximate surface area is 156 Å². The Balaban J connectivity index is 1.37. The number of benzene rings is 1. The van der Waals surface area contributed by atoms with Crippen molar-refractivity contribution in [1.82, 2.24) is 10.7 Å². The van der Waals surface area contributed by atoms with Crippen molar-refractivity contribution in [3.8, 4) is 5.75 Å². The highest BCUT2D eigenvalue weighted by atomic mass is 79.9. The van der Waals surface area contributed by atoms with Gasteiger partial charge in [0.2, 0.25) is 0 Å². The Morgan fingerprint density at radius 1 is 1.21 bits per heavy atom. The van der Waals surface area contributed by atoms with Crippen LogP contribution in [0.25, 0.3) is 0 Å². The van der Waals surface area contributed by atoms with Crippen molar-refractivity contribution < 1.29 is 5.11 Å². The molecule has 1 aromatic carbocycles. The van der Waals surface area contributed by atoms with Crippen LogP contribution in [0.4, 0.5) is 0 Å². The lowest BCUT2D eigenvalue weighted by Gasteiger charge is -2.57. The van der Waals surface area contributed by atoms with Gasteiger partial charge in [-0.1, -0.05) is 15.9 Å². The van der Waals surface area contributed by atoms with E-state index in [1.54, 1.807) is 18.3 Å². The van der Waals surface area contributed by atoms with Crippen LogP contribution in [0.1, 0.15) is 44.1 Å². The monoisotopic (exact) mass is 407 g/mol. The maximum absolute atomic E-state index is 9.82. The SMILES string of the molecule is Oc1ccc(Br)cc1/C=N/NC(=S)NC12CC3CC(CC(C3)C1)C2. The van der Waals surface area contributed by atoms with E-state index in [0.29, 0.717) is 10.7 Å². The van der Waals surface area contributed by atoms with Gasteiger partial charge in [-0.3, -0.25) is 5.43 Å². The summed E-state index contributed by atoms with van der Waals surface area (Å²) < 4.78 is 0.899. The van der Waals surface area contributed by atoms with Crippen LogP contribution in [0.15, 0.2) is 27.8 Å². The first kappa shape index (κ1) is 16.3. The molecule has 6 heteroatoms. The molecular weight excluding hydrogens is 386 g/mol. The second kappa shape index (κ2) is 6.30. The molecule has 4 aliphatic rings. The molecule has 3 N–H and O–H groups in total. The minimum Gasteiger partial charge on any atom is -0.507 e. The highest BCUT2D eigenvalue weighted by Gasteiger charge is 2.51. The molecule has 0 aromatic heterocycles. The largest absolute Gasteiger partial charge is 0.507 e. The third kappa shape index (κ3) is 3.31. The maximum Gasteiger partial charge on any atom is 0.187 e.